The van der Waals surface area contributed by atoms with Gasteiger partial charge in [-0.25, -0.2) is 9.78 Å². The van der Waals surface area contributed by atoms with Gasteiger partial charge in [0.25, 0.3) is 0 Å². The van der Waals surface area contributed by atoms with Crippen molar-refractivity contribution in [1.29, 1.82) is 0 Å². The van der Waals surface area contributed by atoms with Crippen LogP contribution >= 0.6 is 0 Å². The number of carbonyl (C=O) groups is 1. The highest BCUT2D eigenvalue weighted by atomic mass is 17.2. The third-order valence-electron chi connectivity index (χ3n) is 24.6. The molecule has 11 heterocycles. The molecular weight excluding hydrogens is 1140 g/mol. The second-order valence-corrected chi connectivity index (χ2v) is 29.1. The Bertz CT molecular complexity index is 4090. The third-order valence-corrected chi connectivity index (χ3v) is 24.6. The number of aliphatic hydroxyl groups excluding tert-OH is 4. The van der Waals surface area contributed by atoms with Gasteiger partial charge < -0.3 is 65.1 Å². The Morgan fingerprint density at radius 2 is 1.73 bits per heavy atom. The number of aromatic hydroxyl groups is 2. The smallest absolute Gasteiger partial charge is 0.226 e. The molecule has 17 nitrogen and oxygen atoms in total. The van der Waals surface area contributed by atoms with Gasteiger partial charge in [-0.3, -0.25) is 9.59 Å². The van der Waals surface area contributed by atoms with Crippen molar-refractivity contribution < 1.29 is 59.5 Å². The van der Waals surface area contributed by atoms with Crippen LogP contribution in [0.25, 0.3) is 38.3 Å². The molecule has 0 radical (unpaired) electrons. The average molecular weight is 1230 g/mol. The molecule has 1 saturated heterocycles. The van der Waals surface area contributed by atoms with Gasteiger partial charge in [-0.2, -0.15) is 0 Å². The number of allylic oxidation sites excluding steroid dienone is 3. The van der Waals surface area contributed by atoms with E-state index in [4.69, 9.17) is 18.9 Å². The number of ether oxygens (including phenoxy) is 1. The average Bonchev–Trinajstić information content (AvgIpc) is 0.952. The van der Waals surface area contributed by atoms with Crippen molar-refractivity contribution in [2.24, 2.45) is 45.8 Å². The lowest BCUT2D eigenvalue weighted by atomic mass is 9.49. The van der Waals surface area contributed by atoms with E-state index in [9.17, 15) is 40.5 Å². The number of rotatable bonds is 11. The molecule has 14 aliphatic rings. The fourth-order valence-electron chi connectivity index (χ4n) is 20.4. The number of fused-ring (bicyclic) bond motifs is 5. The number of aryl methyl sites for hydroxylation is 2. The molecule has 4 spiro atoms. The van der Waals surface area contributed by atoms with Gasteiger partial charge in [0.2, 0.25) is 5.91 Å². The van der Waals surface area contributed by atoms with Crippen molar-refractivity contribution in [1.82, 2.24) is 20.2 Å². The number of hydrogen-bond acceptors (Lipinski definition) is 14. The normalized spacial score (nSPS) is 34.8. The molecule has 6 aliphatic carbocycles. The summed E-state index contributed by atoms with van der Waals surface area (Å²) in [5.41, 5.74) is 1.00. The van der Waals surface area contributed by atoms with Crippen LogP contribution in [0.4, 0.5) is 0 Å². The molecule has 474 valence electrons. The summed E-state index contributed by atoms with van der Waals surface area (Å²) in [5, 5.41) is 91.4. The number of phenols is 2. The largest absolute Gasteiger partial charge is 0.508 e. The van der Waals surface area contributed by atoms with E-state index >= 15 is 4.79 Å². The van der Waals surface area contributed by atoms with Crippen molar-refractivity contribution in [3.05, 3.63) is 141 Å². The van der Waals surface area contributed by atoms with Gasteiger partial charge >= 0.3 is 0 Å². The zero-order valence-electron chi connectivity index (χ0n) is 51.5. The van der Waals surface area contributed by atoms with Crippen LogP contribution in [-0.4, -0.2) is 118 Å². The molecule has 8 aliphatic heterocycles. The number of phenolic OH excluding ortho intramolecular Hbond substituents is 2. The van der Waals surface area contributed by atoms with E-state index in [0.717, 1.165) is 79.2 Å². The van der Waals surface area contributed by atoms with Crippen LogP contribution < -0.4 is 20.8 Å². The van der Waals surface area contributed by atoms with Crippen LogP contribution in [0.3, 0.4) is 0 Å². The van der Waals surface area contributed by atoms with Crippen molar-refractivity contribution in [3.63, 3.8) is 0 Å². The summed E-state index contributed by atoms with van der Waals surface area (Å²) in [6, 6.07) is 12.7. The minimum absolute atomic E-state index is 0.0899. The van der Waals surface area contributed by atoms with E-state index in [2.05, 4.69) is 76.7 Å². The SMILES string of the molecule is CCc1c2cc3[nH]c2cn1-c1c2c(cc4c(=O)cc(C)oc14)C[C@H]1OO[C@H]([C@@](O)(Cc4ccc(O)c5ccc(O)cc45)[C@@H](O)[C@H](O)[C@H](O)CO)/C=C\C4=C[C@@H]5[C@@H](C=C[C@H]([C@@H]4N[C@H]4C[C@@H](CC)C6(CCCC6)C4)[C@@]51O2)[C@@H]1CNC(=O)[C@@]12CCC[C@@]1(C=C[C@H]3CC1)C2. The Labute approximate surface area is 522 Å². The number of H-pyrrole nitrogens is 1. The Balaban J connectivity index is 0.952. The van der Waals surface area contributed by atoms with Gasteiger partial charge in [0.1, 0.15) is 59.1 Å². The summed E-state index contributed by atoms with van der Waals surface area (Å²) in [6.07, 6.45) is 21.9. The van der Waals surface area contributed by atoms with Crippen LogP contribution in [0.1, 0.15) is 132 Å². The van der Waals surface area contributed by atoms with E-state index in [1.54, 1.807) is 25.1 Å². The molecule has 4 fully saturated rings. The van der Waals surface area contributed by atoms with E-state index in [1.807, 2.05) is 12.1 Å². The topological polar surface area (TPSA) is 261 Å². The number of amides is 1. The molecular formula is C73H84N4O13. The highest BCUT2D eigenvalue weighted by Crippen LogP contribution is 2.65. The molecule has 3 aromatic heterocycles. The number of aromatic nitrogens is 2. The van der Waals surface area contributed by atoms with Crippen LogP contribution in [0.15, 0.2) is 112 Å². The molecule has 13 bridgehead atoms. The van der Waals surface area contributed by atoms with Crippen molar-refractivity contribution in [2.75, 3.05) is 13.2 Å². The number of nitrogens with one attached hydrogen (secondary N) is 3. The number of benzene rings is 3. The number of aliphatic hydroxyl groups is 5. The second kappa shape index (κ2) is 21.3. The van der Waals surface area contributed by atoms with Gasteiger partial charge in [0.15, 0.2) is 22.4 Å². The minimum Gasteiger partial charge on any atom is -0.508 e. The fraction of sp³-hybridized carbons (Fsp3) is 0.534. The maximum atomic E-state index is 15.2. The maximum absolute atomic E-state index is 15.2. The second-order valence-electron chi connectivity index (χ2n) is 29.1. The van der Waals surface area contributed by atoms with E-state index in [-0.39, 0.29) is 63.9 Å². The van der Waals surface area contributed by atoms with Gasteiger partial charge in [-0.1, -0.05) is 82.1 Å². The molecule has 20 rings (SSSR count). The van der Waals surface area contributed by atoms with Gasteiger partial charge in [0, 0.05) is 89.2 Å². The molecule has 6 aromatic rings. The first-order chi connectivity index (χ1) is 43.4. The van der Waals surface area contributed by atoms with E-state index < -0.39 is 78.0 Å². The molecule has 1 amide bonds. The predicted octanol–water partition coefficient (Wildman–Crippen LogP) is 9.28. The first kappa shape index (κ1) is 58.5. The van der Waals surface area contributed by atoms with Crippen LogP contribution in [0.5, 0.6) is 17.2 Å². The molecule has 3 saturated carbocycles. The highest BCUT2D eigenvalue weighted by Gasteiger charge is 2.68. The number of aromatic amines is 1. The van der Waals surface area contributed by atoms with E-state index in [0.29, 0.717) is 75.4 Å². The fourth-order valence-corrected chi connectivity index (χ4v) is 20.4. The number of nitrogens with zero attached hydrogens (tertiary/aromatic N) is 1. The van der Waals surface area contributed by atoms with Gasteiger partial charge in [-0.05, 0) is 159 Å². The maximum Gasteiger partial charge on any atom is 0.226 e. The van der Waals surface area contributed by atoms with Gasteiger partial charge in [-0.15, -0.1) is 0 Å². The molecule has 0 unspecified atom stereocenters. The Morgan fingerprint density at radius 1 is 0.889 bits per heavy atom. The standard InChI is InChI=1S/C73H84N4O13/c1-4-43-29-44(33-70(43)20-6-7-21-70)75-62-40-10-16-60(72(86,67(84)64(83)59(82)36-78)32-41-9-15-57(80)46-12-11-45(79)30-48(41)46)89-90-61-28-42-26-50-58(81)25-38(3)87-66(50)63-65(42)88-73(61)51(62)14-13-47(52(73)27-40)53-34-74-68(85)71(53)22-8-19-69(37-71)23-17-39(18-24-69)54-31-49-55(76-54)35-77(63)56(49)5-2/h9-17,23,25-27,30-31,35,39,43-44,47,51-53,59-62,64,67,75-76,78-80,82-84,86H,4-8,18-22,24,28-29,32-34,36-37H2,1-3H3,(H,74,85)/b16-10-/t39-,43+,44-,47+,51+,52+,53-,59+,60-,61+,62+,64+,67-,69-,71+,72-,73+/m0/s1. The van der Waals surface area contributed by atoms with Crippen LogP contribution in [-0.2, 0) is 33.8 Å². The summed E-state index contributed by atoms with van der Waals surface area (Å²) >= 11 is 0. The molecule has 17 atom stereocenters. The van der Waals surface area contributed by atoms with Crippen molar-refractivity contribution in [3.8, 4) is 22.9 Å². The predicted molar refractivity (Wildman–Crippen MR) is 338 cm³/mol. The van der Waals surface area contributed by atoms with E-state index in [1.165, 1.54) is 49.9 Å². The minimum atomic E-state index is -2.60. The summed E-state index contributed by atoms with van der Waals surface area (Å²) in [6.45, 7) is 5.77. The Morgan fingerprint density at radius 3 is 2.52 bits per heavy atom. The number of hydrogen-bond donors (Lipinski definition) is 10. The summed E-state index contributed by atoms with van der Waals surface area (Å²) in [4.78, 5) is 47.8. The lowest BCUT2D eigenvalue weighted by molar-refractivity contribution is -0.398. The molecule has 17 heteroatoms. The first-order valence-corrected chi connectivity index (χ1v) is 33.4. The first-order valence-electron chi connectivity index (χ1n) is 33.4. The Hall–Kier alpha value is -6.54. The quantitative estimate of drug-likeness (QED) is 0.0428. The summed E-state index contributed by atoms with van der Waals surface area (Å²) in [7, 11) is 0. The lowest BCUT2D eigenvalue weighted by Crippen LogP contribution is -2.71. The lowest BCUT2D eigenvalue weighted by Gasteiger charge is -2.60. The number of carbonyl (C=O) groups excluding carboxylic acids is 1. The van der Waals surface area contributed by atoms with Crippen LogP contribution in [0, 0.1) is 52.8 Å². The zero-order valence-corrected chi connectivity index (χ0v) is 51.5. The molecule has 3 aromatic carbocycles. The highest BCUT2D eigenvalue weighted by molar-refractivity contribution is 5.94. The van der Waals surface area contributed by atoms with Crippen molar-refractivity contribution in [2.45, 2.75) is 183 Å². The monoisotopic (exact) mass is 1220 g/mol. The Kier molecular flexibility index (Phi) is 13.8. The summed E-state index contributed by atoms with van der Waals surface area (Å²) < 4.78 is 17.4. The van der Waals surface area contributed by atoms with Crippen LogP contribution in [0.2, 0.25) is 0 Å². The zero-order chi connectivity index (χ0) is 62.0. The molecule has 10 N–H and O–H groups in total. The van der Waals surface area contributed by atoms with Gasteiger partial charge in [0.05, 0.1) is 22.9 Å². The van der Waals surface area contributed by atoms with Crippen molar-refractivity contribution >= 4 is 38.6 Å². The summed E-state index contributed by atoms with van der Waals surface area (Å²) in [5.74, 6) is 0.0585. The molecule has 90 heavy (non-hydrogen) atoms. The third kappa shape index (κ3) is 8.61.